The number of amides is 5. The summed E-state index contributed by atoms with van der Waals surface area (Å²) in [6.07, 6.45) is 0.203. The van der Waals surface area contributed by atoms with E-state index in [1.54, 1.807) is 39.1 Å². The molecule has 0 aliphatic carbocycles. The van der Waals surface area contributed by atoms with Gasteiger partial charge in [0.1, 0.15) is 0 Å². The lowest BCUT2D eigenvalue weighted by molar-refractivity contribution is -0.143. The summed E-state index contributed by atoms with van der Waals surface area (Å²) >= 11 is 0. The maximum absolute atomic E-state index is 12.5. The Morgan fingerprint density at radius 3 is 2.40 bits per heavy atom. The molecular formula is C17H17N3O5. The van der Waals surface area contributed by atoms with Crippen molar-refractivity contribution in [2.45, 2.75) is 26.3 Å². The summed E-state index contributed by atoms with van der Waals surface area (Å²) in [7, 11) is 1.66. The van der Waals surface area contributed by atoms with E-state index < -0.39 is 36.2 Å². The van der Waals surface area contributed by atoms with Crippen molar-refractivity contribution in [1.29, 1.82) is 0 Å². The van der Waals surface area contributed by atoms with Gasteiger partial charge in [-0.15, -0.1) is 0 Å². The lowest BCUT2D eigenvalue weighted by Gasteiger charge is -2.18. The van der Waals surface area contributed by atoms with Crippen LogP contribution in [0.1, 0.15) is 29.8 Å². The highest BCUT2D eigenvalue weighted by atomic mass is 16.2. The molecule has 0 atom stereocenters. The van der Waals surface area contributed by atoms with Crippen molar-refractivity contribution < 1.29 is 24.0 Å². The number of ketones is 1. The van der Waals surface area contributed by atoms with E-state index in [4.69, 9.17) is 0 Å². The number of likely N-dealkylation sites (N-methyl/N-ethyl adjacent to an activating group) is 1. The quantitative estimate of drug-likeness (QED) is 0.453. The Hall–Kier alpha value is -3.03. The standard InChI is InChI=1S/C17H17N3O5/c1-9(2)20-16(24)15(23)19(17(20)25)8-13(21)10-4-5-12-11(6-10)7-14(22)18(12)3/h4-6,9H,7-8H2,1-3H3. The summed E-state index contributed by atoms with van der Waals surface area (Å²) in [5.74, 6) is -2.45. The van der Waals surface area contributed by atoms with E-state index in [-0.39, 0.29) is 17.9 Å². The van der Waals surface area contributed by atoms with Crippen LogP contribution in [0.15, 0.2) is 18.2 Å². The van der Waals surface area contributed by atoms with E-state index in [2.05, 4.69) is 0 Å². The molecule has 1 aromatic carbocycles. The highest BCUT2D eigenvalue weighted by molar-refractivity contribution is 6.45. The molecule has 2 aliphatic heterocycles. The van der Waals surface area contributed by atoms with Crippen molar-refractivity contribution in [3.8, 4) is 0 Å². The molecule has 2 aliphatic rings. The summed E-state index contributed by atoms with van der Waals surface area (Å²) in [5, 5.41) is 0. The second-order valence-corrected chi connectivity index (χ2v) is 6.34. The molecule has 130 valence electrons. The zero-order chi connectivity index (χ0) is 18.5. The summed E-state index contributed by atoms with van der Waals surface area (Å²) in [6, 6.07) is 3.54. The Morgan fingerprint density at radius 2 is 1.80 bits per heavy atom. The second-order valence-electron chi connectivity index (χ2n) is 6.34. The van der Waals surface area contributed by atoms with Crippen LogP contribution in [-0.4, -0.2) is 59.0 Å². The number of hydrogen-bond donors (Lipinski definition) is 0. The average molecular weight is 343 g/mol. The van der Waals surface area contributed by atoms with E-state index in [1.165, 1.54) is 4.90 Å². The monoisotopic (exact) mass is 343 g/mol. The van der Waals surface area contributed by atoms with Crippen molar-refractivity contribution in [3.05, 3.63) is 29.3 Å². The third-order valence-corrected chi connectivity index (χ3v) is 4.38. The number of urea groups is 1. The maximum Gasteiger partial charge on any atom is 0.334 e. The third-order valence-electron chi connectivity index (χ3n) is 4.38. The molecule has 25 heavy (non-hydrogen) atoms. The van der Waals surface area contributed by atoms with Gasteiger partial charge in [0.15, 0.2) is 5.78 Å². The molecule has 0 unspecified atom stereocenters. The maximum atomic E-state index is 12.5. The number of anilines is 1. The predicted molar refractivity (Wildman–Crippen MR) is 87.0 cm³/mol. The number of imide groups is 2. The van der Waals surface area contributed by atoms with Crippen LogP contribution in [0.5, 0.6) is 0 Å². The lowest BCUT2D eigenvalue weighted by Crippen LogP contribution is -2.39. The minimum absolute atomic E-state index is 0.0670. The predicted octanol–water partition coefficient (Wildman–Crippen LogP) is 0.587. The van der Waals surface area contributed by atoms with Crippen molar-refractivity contribution in [2.75, 3.05) is 18.5 Å². The molecule has 1 fully saturated rings. The highest BCUT2D eigenvalue weighted by Gasteiger charge is 2.46. The summed E-state index contributed by atoms with van der Waals surface area (Å²) in [6.45, 7) is 2.72. The van der Waals surface area contributed by atoms with Crippen LogP contribution in [0.2, 0.25) is 0 Å². The number of Topliss-reactive ketones (excluding diaryl/α,β-unsaturated/α-hetero) is 1. The molecule has 1 saturated heterocycles. The van der Waals surface area contributed by atoms with Crippen molar-refractivity contribution >= 4 is 35.2 Å². The molecule has 8 nitrogen and oxygen atoms in total. The Bertz CT molecular complexity index is 830. The molecule has 0 saturated carbocycles. The van der Waals surface area contributed by atoms with Gasteiger partial charge in [-0.05, 0) is 37.6 Å². The largest absolute Gasteiger partial charge is 0.334 e. The first-order chi connectivity index (χ1) is 11.7. The molecule has 0 aromatic heterocycles. The van der Waals surface area contributed by atoms with Crippen LogP contribution < -0.4 is 4.90 Å². The van der Waals surface area contributed by atoms with Gasteiger partial charge < -0.3 is 4.90 Å². The minimum Gasteiger partial charge on any atom is -0.315 e. The van der Waals surface area contributed by atoms with Crippen LogP contribution in [-0.2, 0) is 20.8 Å². The topological polar surface area (TPSA) is 95.1 Å². The molecule has 0 radical (unpaired) electrons. The van der Waals surface area contributed by atoms with E-state index >= 15 is 0 Å². The average Bonchev–Trinajstić information content (AvgIpc) is 2.95. The number of rotatable bonds is 4. The Labute approximate surface area is 144 Å². The molecule has 0 N–H and O–H groups in total. The van der Waals surface area contributed by atoms with Gasteiger partial charge >= 0.3 is 17.8 Å². The number of nitrogens with zero attached hydrogens (tertiary/aromatic N) is 3. The summed E-state index contributed by atoms with van der Waals surface area (Å²) < 4.78 is 0. The fraction of sp³-hybridized carbons (Fsp3) is 0.353. The van der Waals surface area contributed by atoms with E-state index in [0.717, 1.165) is 16.2 Å². The normalized spacial score (nSPS) is 17.2. The first kappa shape index (κ1) is 16.8. The molecule has 3 rings (SSSR count). The van der Waals surface area contributed by atoms with Crippen molar-refractivity contribution in [2.24, 2.45) is 0 Å². The molecule has 0 spiro atoms. The molecule has 8 heteroatoms. The molecule has 1 aromatic rings. The Morgan fingerprint density at radius 1 is 1.12 bits per heavy atom. The van der Waals surface area contributed by atoms with Crippen LogP contribution in [0.25, 0.3) is 0 Å². The molecule has 5 amide bonds. The summed E-state index contributed by atoms with van der Waals surface area (Å²) in [4.78, 5) is 63.3. The van der Waals surface area contributed by atoms with Crippen LogP contribution >= 0.6 is 0 Å². The van der Waals surface area contributed by atoms with E-state index in [0.29, 0.717) is 4.90 Å². The highest BCUT2D eigenvalue weighted by Crippen LogP contribution is 2.28. The van der Waals surface area contributed by atoms with Crippen LogP contribution in [0.3, 0.4) is 0 Å². The number of carbonyl (C=O) groups excluding carboxylic acids is 5. The van der Waals surface area contributed by atoms with Gasteiger partial charge in [0, 0.05) is 24.3 Å². The van der Waals surface area contributed by atoms with Crippen molar-refractivity contribution in [3.63, 3.8) is 0 Å². The van der Waals surface area contributed by atoms with E-state index in [9.17, 15) is 24.0 Å². The van der Waals surface area contributed by atoms with Gasteiger partial charge in [0.25, 0.3) is 0 Å². The van der Waals surface area contributed by atoms with Crippen LogP contribution in [0.4, 0.5) is 10.5 Å². The number of carbonyl (C=O) groups is 5. The van der Waals surface area contributed by atoms with Gasteiger partial charge in [-0.1, -0.05) is 0 Å². The first-order valence-electron chi connectivity index (χ1n) is 7.84. The second kappa shape index (κ2) is 5.80. The number of hydrogen-bond acceptors (Lipinski definition) is 5. The zero-order valence-electron chi connectivity index (χ0n) is 14.1. The van der Waals surface area contributed by atoms with Gasteiger partial charge in [-0.3, -0.25) is 24.1 Å². The zero-order valence-corrected chi connectivity index (χ0v) is 14.1. The van der Waals surface area contributed by atoms with Crippen molar-refractivity contribution in [1.82, 2.24) is 9.80 Å². The minimum atomic E-state index is -0.997. The van der Waals surface area contributed by atoms with Gasteiger partial charge in [0.2, 0.25) is 5.91 Å². The lowest BCUT2D eigenvalue weighted by atomic mass is 10.0. The summed E-state index contributed by atoms with van der Waals surface area (Å²) in [5.41, 5.74) is 1.74. The Kier molecular flexibility index (Phi) is 3.90. The number of benzene rings is 1. The fourth-order valence-electron chi connectivity index (χ4n) is 3.00. The third kappa shape index (κ3) is 2.59. The molecular weight excluding hydrogens is 326 g/mol. The van der Waals surface area contributed by atoms with Gasteiger partial charge in [-0.2, -0.15) is 0 Å². The molecule has 2 heterocycles. The van der Waals surface area contributed by atoms with Crippen LogP contribution in [0, 0.1) is 0 Å². The Balaban J connectivity index is 1.81. The first-order valence-corrected chi connectivity index (χ1v) is 7.84. The fourth-order valence-corrected chi connectivity index (χ4v) is 3.00. The van der Waals surface area contributed by atoms with E-state index in [1.807, 2.05) is 0 Å². The SMILES string of the molecule is CC(C)N1C(=O)C(=O)N(CC(=O)c2ccc3c(c2)CC(=O)N3C)C1=O. The van der Waals surface area contributed by atoms with Gasteiger partial charge in [0.05, 0.1) is 13.0 Å². The number of fused-ring (bicyclic) bond motifs is 1. The van der Waals surface area contributed by atoms with Gasteiger partial charge in [-0.25, -0.2) is 9.69 Å². The smallest absolute Gasteiger partial charge is 0.315 e. The molecule has 0 bridgehead atoms.